The van der Waals surface area contributed by atoms with E-state index in [-0.39, 0.29) is 11.6 Å². The molecule has 0 saturated carbocycles. The minimum atomic E-state index is -0.265. The quantitative estimate of drug-likeness (QED) is 0.605. The van der Waals surface area contributed by atoms with Gasteiger partial charge in [0.25, 0.3) is 0 Å². The molecule has 0 aromatic heterocycles. The number of halogens is 2. The van der Waals surface area contributed by atoms with Crippen LogP contribution in [0.3, 0.4) is 0 Å². The van der Waals surface area contributed by atoms with E-state index < -0.39 is 0 Å². The lowest BCUT2D eigenvalue weighted by Gasteiger charge is -2.02. The lowest BCUT2D eigenvalue weighted by atomic mass is 10.2. The smallest absolute Gasteiger partial charge is 0.173 e. The fourth-order valence-electron chi connectivity index (χ4n) is 1.40. The molecule has 0 fully saturated rings. The first kappa shape index (κ1) is 13.3. The first-order chi connectivity index (χ1) is 8.65. The minimum absolute atomic E-state index is 0.0665. The molecule has 0 unspecified atom stereocenters. The van der Waals surface area contributed by atoms with E-state index in [0.717, 1.165) is 9.37 Å². The maximum absolute atomic E-state index is 12.7. The summed E-state index contributed by atoms with van der Waals surface area (Å²) in [6.45, 7) is 0. The van der Waals surface area contributed by atoms with Crippen LogP contribution in [0.25, 0.3) is 0 Å². The molecule has 0 spiro atoms. The van der Waals surface area contributed by atoms with Gasteiger partial charge in [-0.1, -0.05) is 28.1 Å². The fourth-order valence-corrected chi connectivity index (χ4v) is 2.46. The molecule has 0 atom stereocenters. The Kier molecular flexibility index (Phi) is 4.55. The van der Waals surface area contributed by atoms with Crippen molar-refractivity contribution >= 4 is 33.5 Å². The van der Waals surface area contributed by atoms with Gasteiger partial charge in [-0.25, -0.2) is 4.39 Å². The van der Waals surface area contributed by atoms with Gasteiger partial charge in [-0.3, -0.25) is 4.79 Å². The van der Waals surface area contributed by atoms with Gasteiger partial charge in [0.1, 0.15) is 5.82 Å². The maximum atomic E-state index is 12.7. The topological polar surface area (TPSA) is 17.1 Å². The molecule has 0 bridgehead atoms. The second kappa shape index (κ2) is 6.16. The molecule has 0 aliphatic carbocycles. The van der Waals surface area contributed by atoms with Crippen LogP contribution in [0.2, 0.25) is 0 Å². The van der Waals surface area contributed by atoms with Crippen LogP contribution >= 0.6 is 27.7 Å². The molecule has 2 aromatic rings. The van der Waals surface area contributed by atoms with Crippen LogP contribution in [0, 0.1) is 5.82 Å². The number of benzene rings is 2. The van der Waals surface area contributed by atoms with Crippen molar-refractivity contribution in [3.63, 3.8) is 0 Å². The van der Waals surface area contributed by atoms with Crippen molar-refractivity contribution in [2.75, 3.05) is 5.75 Å². The zero-order chi connectivity index (χ0) is 13.0. The van der Waals surface area contributed by atoms with Crippen LogP contribution in [0.4, 0.5) is 4.39 Å². The summed E-state index contributed by atoms with van der Waals surface area (Å²) in [5.41, 5.74) is 0.688. The van der Waals surface area contributed by atoms with E-state index in [1.54, 1.807) is 24.3 Å². The second-order valence-electron chi connectivity index (χ2n) is 3.67. The standard InChI is InChI=1S/C14H10BrFOS/c15-11-3-1-10(2-4-11)14(17)9-18-13-7-5-12(16)6-8-13/h1-8H,9H2. The number of carbonyl (C=O) groups is 1. The SMILES string of the molecule is O=C(CSc1ccc(F)cc1)c1ccc(Br)cc1. The average Bonchev–Trinajstić information content (AvgIpc) is 2.38. The predicted octanol–water partition coefficient (Wildman–Crippen LogP) is 4.56. The molecule has 0 aliphatic rings. The van der Waals surface area contributed by atoms with Crippen molar-refractivity contribution < 1.29 is 9.18 Å². The third-order valence-corrected chi connectivity index (χ3v) is 3.89. The zero-order valence-electron chi connectivity index (χ0n) is 9.40. The van der Waals surface area contributed by atoms with E-state index in [1.807, 2.05) is 12.1 Å². The predicted molar refractivity (Wildman–Crippen MR) is 75.6 cm³/mol. The van der Waals surface area contributed by atoms with Crippen molar-refractivity contribution in [3.8, 4) is 0 Å². The van der Waals surface area contributed by atoms with Crippen LogP contribution in [0.5, 0.6) is 0 Å². The van der Waals surface area contributed by atoms with Crippen molar-refractivity contribution in [3.05, 3.63) is 64.4 Å². The Hall–Kier alpha value is -1.13. The van der Waals surface area contributed by atoms with Gasteiger partial charge < -0.3 is 0 Å². The summed E-state index contributed by atoms with van der Waals surface area (Å²) in [4.78, 5) is 12.8. The van der Waals surface area contributed by atoms with E-state index in [2.05, 4.69) is 15.9 Å². The molecule has 0 aliphatic heterocycles. The number of Topliss-reactive ketones (excluding diaryl/α,β-unsaturated/α-hetero) is 1. The fraction of sp³-hybridized carbons (Fsp3) is 0.0714. The van der Waals surface area contributed by atoms with E-state index in [0.29, 0.717) is 11.3 Å². The maximum Gasteiger partial charge on any atom is 0.173 e. The number of rotatable bonds is 4. The molecule has 0 saturated heterocycles. The zero-order valence-corrected chi connectivity index (χ0v) is 11.8. The molecule has 2 rings (SSSR count). The van der Waals surface area contributed by atoms with E-state index in [1.165, 1.54) is 23.9 Å². The monoisotopic (exact) mass is 324 g/mol. The van der Waals surface area contributed by atoms with Gasteiger partial charge >= 0.3 is 0 Å². The second-order valence-corrected chi connectivity index (χ2v) is 5.64. The van der Waals surface area contributed by atoms with Crippen molar-refractivity contribution in [2.45, 2.75) is 4.90 Å². The molecule has 2 aromatic carbocycles. The Balaban J connectivity index is 1.96. The van der Waals surface area contributed by atoms with Gasteiger partial charge in [-0.2, -0.15) is 0 Å². The van der Waals surface area contributed by atoms with E-state index >= 15 is 0 Å². The van der Waals surface area contributed by atoms with Crippen molar-refractivity contribution in [1.82, 2.24) is 0 Å². The van der Waals surface area contributed by atoms with Crippen LogP contribution in [-0.4, -0.2) is 11.5 Å². The summed E-state index contributed by atoms with van der Waals surface area (Å²) in [5.74, 6) is 0.156. The highest BCUT2D eigenvalue weighted by Crippen LogP contribution is 2.20. The Bertz CT molecular complexity index is 537. The summed E-state index contributed by atoms with van der Waals surface area (Å²) in [5, 5.41) is 0. The lowest BCUT2D eigenvalue weighted by molar-refractivity contribution is 0.102. The minimum Gasteiger partial charge on any atom is -0.293 e. The third-order valence-electron chi connectivity index (χ3n) is 2.35. The molecule has 18 heavy (non-hydrogen) atoms. The Labute approximate surface area is 118 Å². The van der Waals surface area contributed by atoms with Gasteiger partial charge in [0.15, 0.2) is 5.78 Å². The molecule has 0 heterocycles. The highest BCUT2D eigenvalue weighted by Gasteiger charge is 2.06. The van der Waals surface area contributed by atoms with Crippen LogP contribution in [0.15, 0.2) is 57.9 Å². The highest BCUT2D eigenvalue weighted by atomic mass is 79.9. The highest BCUT2D eigenvalue weighted by molar-refractivity contribution is 9.10. The molecule has 0 amide bonds. The first-order valence-electron chi connectivity index (χ1n) is 5.32. The Morgan fingerprint density at radius 1 is 1.06 bits per heavy atom. The van der Waals surface area contributed by atoms with Gasteiger partial charge in [0, 0.05) is 14.9 Å². The summed E-state index contributed by atoms with van der Waals surface area (Å²) in [7, 11) is 0. The molecule has 1 nitrogen and oxygen atoms in total. The van der Waals surface area contributed by atoms with Crippen molar-refractivity contribution in [1.29, 1.82) is 0 Å². The molecular weight excluding hydrogens is 315 g/mol. The van der Waals surface area contributed by atoms with Gasteiger partial charge in [0.05, 0.1) is 5.75 Å². The number of ketones is 1. The molecule has 4 heteroatoms. The third kappa shape index (κ3) is 3.68. The first-order valence-corrected chi connectivity index (χ1v) is 7.10. The number of hydrogen-bond donors (Lipinski definition) is 0. The molecular formula is C14H10BrFOS. The lowest BCUT2D eigenvalue weighted by Crippen LogP contribution is -2.01. The van der Waals surface area contributed by atoms with Gasteiger partial charge in [-0.05, 0) is 36.4 Å². The Morgan fingerprint density at radius 3 is 2.28 bits per heavy atom. The van der Waals surface area contributed by atoms with Gasteiger partial charge in [0.2, 0.25) is 0 Å². The molecule has 0 radical (unpaired) electrons. The normalized spacial score (nSPS) is 10.3. The van der Waals surface area contributed by atoms with Crippen LogP contribution in [-0.2, 0) is 0 Å². The average molecular weight is 325 g/mol. The Morgan fingerprint density at radius 2 is 1.67 bits per heavy atom. The largest absolute Gasteiger partial charge is 0.293 e. The summed E-state index contributed by atoms with van der Waals surface area (Å²) in [6, 6.07) is 13.4. The van der Waals surface area contributed by atoms with Crippen LogP contribution in [0.1, 0.15) is 10.4 Å². The summed E-state index contributed by atoms with van der Waals surface area (Å²) < 4.78 is 13.7. The summed E-state index contributed by atoms with van der Waals surface area (Å²) in [6.07, 6.45) is 0. The van der Waals surface area contributed by atoms with Crippen LogP contribution < -0.4 is 0 Å². The number of hydrogen-bond acceptors (Lipinski definition) is 2. The van der Waals surface area contributed by atoms with E-state index in [4.69, 9.17) is 0 Å². The number of thioether (sulfide) groups is 1. The molecule has 0 N–H and O–H groups in total. The van der Waals surface area contributed by atoms with Gasteiger partial charge in [-0.15, -0.1) is 11.8 Å². The van der Waals surface area contributed by atoms with E-state index in [9.17, 15) is 9.18 Å². The molecule has 92 valence electrons. The van der Waals surface area contributed by atoms with Crippen molar-refractivity contribution in [2.24, 2.45) is 0 Å². The summed E-state index contributed by atoms with van der Waals surface area (Å²) >= 11 is 4.73. The number of carbonyl (C=O) groups excluding carboxylic acids is 1.